The van der Waals surface area contributed by atoms with Crippen molar-refractivity contribution in [3.63, 3.8) is 0 Å². The lowest BCUT2D eigenvalue weighted by Gasteiger charge is -2.24. The molecule has 1 fully saturated rings. The van der Waals surface area contributed by atoms with Crippen molar-refractivity contribution in [1.29, 1.82) is 0 Å². The number of hydrogen-bond acceptors (Lipinski definition) is 2. The molecule has 0 radical (unpaired) electrons. The van der Waals surface area contributed by atoms with Gasteiger partial charge < -0.3 is 10.4 Å². The van der Waals surface area contributed by atoms with E-state index >= 15 is 0 Å². The van der Waals surface area contributed by atoms with Crippen LogP contribution in [0, 0.1) is 0 Å². The number of halogens is 1. The first-order valence-corrected chi connectivity index (χ1v) is 5.34. The second kappa shape index (κ2) is 5.87. The highest BCUT2D eigenvalue weighted by Gasteiger charge is 2.19. The van der Waals surface area contributed by atoms with Gasteiger partial charge in [0, 0.05) is 6.04 Å². The number of carboxylic acid groups (broad SMARTS) is 1. The summed E-state index contributed by atoms with van der Waals surface area (Å²) in [6.07, 6.45) is 3.39. The molecule has 4 heteroatoms. The monoisotopic (exact) mass is 241 g/mol. The zero-order valence-electron chi connectivity index (χ0n) is 8.98. The third kappa shape index (κ3) is 2.74. The number of piperidine rings is 1. The van der Waals surface area contributed by atoms with Gasteiger partial charge in [-0.1, -0.05) is 24.6 Å². The van der Waals surface area contributed by atoms with Crippen molar-refractivity contribution in [1.82, 2.24) is 5.32 Å². The third-order valence-electron chi connectivity index (χ3n) is 2.88. The molecule has 1 saturated heterocycles. The Balaban J connectivity index is 0.00000128. The molecule has 1 aliphatic rings. The van der Waals surface area contributed by atoms with Gasteiger partial charge in [0.15, 0.2) is 0 Å². The molecule has 3 nitrogen and oxygen atoms in total. The van der Waals surface area contributed by atoms with E-state index in [4.69, 9.17) is 5.11 Å². The average molecular weight is 242 g/mol. The van der Waals surface area contributed by atoms with Crippen LogP contribution in [0.15, 0.2) is 24.3 Å². The van der Waals surface area contributed by atoms with Gasteiger partial charge in [0.2, 0.25) is 0 Å². The highest BCUT2D eigenvalue weighted by Crippen LogP contribution is 2.25. The maximum absolute atomic E-state index is 11.0. The van der Waals surface area contributed by atoms with Gasteiger partial charge in [0.25, 0.3) is 0 Å². The van der Waals surface area contributed by atoms with Crippen molar-refractivity contribution in [2.75, 3.05) is 6.54 Å². The summed E-state index contributed by atoms with van der Waals surface area (Å²) in [4.78, 5) is 11.0. The Morgan fingerprint density at radius 3 is 2.69 bits per heavy atom. The Kier molecular flexibility index (Phi) is 4.77. The van der Waals surface area contributed by atoms with E-state index in [1.807, 2.05) is 12.1 Å². The lowest BCUT2D eigenvalue weighted by Crippen LogP contribution is -2.28. The lowest BCUT2D eigenvalue weighted by molar-refractivity contribution is 0.0694. The van der Waals surface area contributed by atoms with Gasteiger partial charge in [0.05, 0.1) is 5.56 Å². The van der Waals surface area contributed by atoms with Crippen molar-refractivity contribution in [2.24, 2.45) is 0 Å². The van der Waals surface area contributed by atoms with Gasteiger partial charge in [-0.15, -0.1) is 12.4 Å². The van der Waals surface area contributed by atoms with Crippen LogP contribution in [-0.2, 0) is 0 Å². The van der Waals surface area contributed by atoms with Crippen LogP contribution < -0.4 is 5.32 Å². The van der Waals surface area contributed by atoms with Gasteiger partial charge in [-0.2, -0.15) is 0 Å². The van der Waals surface area contributed by atoms with Crippen LogP contribution in [0.5, 0.6) is 0 Å². The van der Waals surface area contributed by atoms with Gasteiger partial charge in [-0.3, -0.25) is 0 Å². The SMILES string of the molecule is Cl.O=C(O)c1ccccc1[C@H]1CCCCN1. The number of carbonyl (C=O) groups is 1. The van der Waals surface area contributed by atoms with Gasteiger partial charge in [-0.25, -0.2) is 4.79 Å². The van der Waals surface area contributed by atoms with Crippen molar-refractivity contribution < 1.29 is 9.90 Å². The van der Waals surface area contributed by atoms with Crippen LogP contribution in [0.25, 0.3) is 0 Å². The summed E-state index contributed by atoms with van der Waals surface area (Å²) in [5, 5.41) is 12.4. The van der Waals surface area contributed by atoms with Crippen LogP contribution in [0.1, 0.15) is 41.2 Å². The first-order valence-electron chi connectivity index (χ1n) is 5.34. The number of benzene rings is 1. The molecule has 1 aromatic carbocycles. The zero-order valence-corrected chi connectivity index (χ0v) is 9.80. The highest BCUT2D eigenvalue weighted by molar-refractivity contribution is 5.89. The largest absolute Gasteiger partial charge is 0.478 e. The second-order valence-electron chi connectivity index (χ2n) is 3.89. The molecule has 0 aromatic heterocycles. The first kappa shape index (κ1) is 13.0. The fourth-order valence-corrected chi connectivity index (χ4v) is 2.11. The molecule has 2 N–H and O–H groups in total. The molecular weight excluding hydrogens is 226 g/mol. The molecule has 0 aliphatic carbocycles. The summed E-state index contributed by atoms with van der Waals surface area (Å²) >= 11 is 0. The van der Waals surface area contributed by atoms with E-state index in [1.54, 1.807) is 12.1 Å². The number of rotatable bonds is 2. The quantitative estimate of drug-likeness (QED) is 0.837. The highest BCUT2D eigenvalue weighted by atomic mass is 35.5. The van der Waals surface area contributed by atoms with Gasteiger partial charge in [-0.05, 0) is 31.0 Å². The maximum atomic E-state index is 11.0. The molecule has 0 unspecified atom stereocenters. The summed E-state index contributed by atoms with van der Waals surface area (Å²) < 4.78 is 0. The minimum atomic E-state index is -0.835. The van der Waals surface area contributed by atoms with E-state index in [0.717, 1.165) is 18.5 Å². The maximum Gasteiger partial charge on any atom is 0.336 e. The first-order chi connectivity index (χ1) is 7.29. The standard InChI is InChI=1S/C12H15NO2.ClH/c14-12(15)10-6-2-1-5-9(10)11-7-3-4-8-13-11;/h1-2,5-6,11,13H,3-4,7-8H2,(H,14,15);1H/t11-;/m1./s1. The molecule has 1 atom stereocenters. The predicted molar refractivity (Wildman–Crippen MR) is 65.2 cm³/mol. The van der Waals surface area contributed by atoms with Crippen LogP contribution in [0.2, 0.25) is 0 Å². The zero-order chi connectivity index (χ0) is 10.7. The van der Waals surface area contributed by atoms with Crippen molar-refractivity contribution >= 4 is 18.4 Å². The van der Waals surface area contributed by atoms with Crippen LogP contribution in [0.4, 0.5) is 0 Å². The number of hydrogen-bond donors (Lipinski definition) is 2. The molecular formula is C12H16ClNO2. The lowest BCUT2D eigenvalue weighted by atomic mass is 9.94. The summed E-state index contributed by atoms with van der Waals surface area (Å²) in [5.41, 5.74) is 1.35. The smallest absolute Gasteiger partial charge is 0.336 e. The summed E-state index contributed by atoms with van der Waals surface area (Å²) in [6, 6.07) is 7.47. The molecule has 16 heavy (non-hydrogen) atoms. The van der Waals surface area contributed by atoms with E-state index < -0.39 is 5.97 Å². The molecule has 1 aromatic rings. The van der Waals surface area contributed by atoms with Crippen LogP contribution in [0.3, 0.4) is 0 Å². The van der Waals surface area contributed by atoms with Crippen molar-refractivity contribution in [3.8, 4) is 0 Å². The number of nitrogens with one attached hydrogen (secondary N) is 1. The van der Waals surface area contributed by atoms with Gasteiger partial charge in [0.1, 0.15) is 0 Å². The van der Waals surface area contributed by atoms with E-state index in [9.17, 15) is 4.79 Å². The Morgan fingerprint density at radius 2 is 2.06 bits per heavy atom. The molecule has 0 spiro atoms. The Bertz CT molecular complexity index is 362. The molecule has 1 aliphatic heterocycles. The Morgan fingerprint density at radius 1 is 1.31 bits per heavy atom. The van der Waals surface area contributed by atoms with Crippen LogP contribution >= 0.6 is 12.4 Å². The normalized spacial score (nSPS) is 19.9. The van der Waals surface area contributed by atoms with E-state index in [0.29, 0.717) is 5.56 Å². The minimum Gasteiger partial charge on any atom is -0.478 e. The summed E-state index contributed by atoms with van der Waals surface area (Å²) in [6.45, 7) is 0.985. The van der Waals surface area contributed by atoms with E-state index in [-0.39, 0.29) is 18.4 Å². The summed E-state index contributed by atoms with van der Waals surface area (Å²) in [7, 11) is 0. The topological polar surface area (TPSA) is 49.3 Å². The number of aromatic carboxylic acids is 1. The minimum absolute atomic E-state index is 0. The van der Waals surface area contributed by atoms with E-state index in [1.165, 1.54) is 12.8 Å². The molecule has 0 bridgehead atoms. The second-order valence-corrected chi connectivity index (χ2v) is 3.89. The van der Waals surface area contributed by atoms with E-state index in [2.05, 4.69) is 5.32 Å². The van der Waals surface area contributed by atoms with Crippen molar-refractivity contribution in [3.05, 3.63) is 35.4 Å². The predicted octanol–water partition coefficient (Wildman–Crippen LogP) is 2.62. The molecule has 2 rings (SSSR count). The average Bonchev–Trinajstić information content (AvgIpc) is 2.30. The Hall–Kier alpha value is -1.06. The van der Waals surface area contributed by atoms with Crippen LogP contribution in [-0.4, -0.2) is 17.6 Å². The fourth-order valence-electron chi connectivity index (χ4n) is 2.11. The molecule has 88 valence electrons. The molecule has 1 heterocycles. The molecule has 0 saturated carbocycles. The fraction of sp³-hybridized carbons (Fsp3) is 0.417. The van der Waals surface area contributed by atoms with Crippen molar-refractivity contribution in [2.45, 2.75) is 25.3 Å². The summed E-state index contributed by atoms with van der Waals surface area (Å²) in [5.74, 6) is -0.835. The Labute approximate surface area is 101 Å². The van der Waals surface area contributed by atoms with Gasteiger partial charge >= 0.3 is 5.97 Å². The number of carboxylic acids is 1. The molecule has 0 amide bonds. The third-order valence-corrected chi connectivity index (χ3v) is 2.88.